The first-order valence-electron chi connectivity index (χ1n) is 8.28. The lowest BCUT2D eigenvalue weighted by atomic mass is 9.93. The highest BCUT2D eigenvalue weighted by Gasteiger charge is 2.21. The standard InChI is InChI=1S/C20H16FN3O3S/c1-20(2,3)16-10-28-19(23-16)24-9-12(6-11(8-22)18(24)27)17(26)14-7-13(21)4-5-15(14)25/h4-7,9-10,25H,1-3H3. The van der Waals surface area contributed by atoms with Crippen molar-refractivity contribution in [3.8, 4) is 17.0 Å². The largest absolute Gasteiger partial charge is 0.507 e. The van der Waals surface area contributed by atoms with Crippen molar-refractivity contribution in [2.24, 2.45) is 0 Å². The van der Waals surface area contributed by atoms with Crippen LogP contribution < -0.4 is 5.56 Å². The van der Waals surface area contributed by atoms with Gasteiger partial charge >= 0.3 is 0 Å². The third-order valence-electron chi connectivity index (χ3n) is 4.07. The second-order valence-corrected chi connectivity index (χ2v) is 8.02. The minimum Gasteiger partial charge on any atom is -0.507 e. The molecule has 2 aromatic heterocycles. The van der Waals surface area contributed by atoms with Crippen LogP contribution in [0.1, 0.15) is 48.0 Å². The van der Waals surface area contributed by atoms with E-state index >= 15 is 0 Å². The highest BCUT2D eigenvalue weighted by Crippen LogP contribution is 2.26. The number of ketones is 1. The van der Waals surface area contributed by atoms with Crippen molar-refractivity contribution in [3.63, 3.8) is 0 Å². The molecule has 0 fully saturated rings. The molecule has 0 saturated heterocycles. The zero-order chi connectivity index (χ0) is 20.6. The fourth-order valence-corrected chi connectivity index (χ4v) is 3.52. The average molecular weight is 397 g/mol. The zero-order valence-electron chi connectivity index (χ0n) is 15.4. The van der Waals surface area contributed by atoms with E-state index in [4.69, 9.17) is 0 Å². The average Bonchev–Trinajstić information content (AvgIpc) is 3.13. The molecule has 0 aliphatic rings. The second-order valence-electron chi connectivity index (χ2n) is 7.19. The number of nitrogens with zero attached hydrogens (tertiary/aromatic N) is 3. The number of aromatic nitrogens is 2. The van der Waals surface area contributed by atoms with E-state index in [-0.39, 0.29) is 22.1 Å². The van der Waals surface area contributed by atoms with Crippen molar-refractivity contribution >= 4 is 17.1 Å². The number of rotatable bonds is 3. The molecule has 1 N–H and O–H groups in total. The van der Waals surface area contributed by atoms with Crippen LogP contribution in [0.4, 0.5) is 4.39 Å². The van der Waals surface area contributed by atoms with Crippen molar-refractivity contribution in [1.82, 2.24) is 9.55 Å². The number of benzene rings is 1. The molecule has 1 aromatic carbocycles. The molecule has 3 rings (SSSR count). The summed E-state index contributed by atoms with van der Waals surface area (Å²) in [5.74, 6) is -1.80. The zero-order valence-corrected chi connectivity index (χ0v) is 16.2. The lowest BCUT2D eigenvalue weighted by molar-refractivity contribution is 0.103. The highest BCUT2D eigenvalue weighted by molar-refractivity contribution is 7.12. The molecule has 0 radical (unpaired) electrons. The van der Waals surface area contributed by atoms with Crippen LogP contribution in [0.3, 0.4) is 0 Å². The van der Waals surface area contributed by atoms with Gasteiger partial charge in [-0.15, -0.1) is 11.3 Å². The Morgan fingerprint density at radius 3 is 2.64 bits per heavy atom. The monoisotopic (exact) mass is 397 g/mol. The van der Waals surface area contributed by atoms with Crippen LogP contribution >= 0.6 is 11.3 Å². The molecule has 0 spiro atoms. The molecule has 3 aromatic rings. The van der Waals surface area contributed by atoms with Gasteiger partial charge in [-0.2, -0.15) is 5.26 Å². The molecule has 0 atom stereocenters. The number of halogens is 1. The Hall–Kier alpha value is -3.31. The lowest BCUT2D eigenvalue weighted by Crippen LogP contribution is -2.23. The third kappa shape index (κ3) is 3.57. The van der Waals surface area contributed by atoms with Crippen LogP contribution in [-0.4, -0.2) is 20.4 Å². The second kappa shape index (κ2) is 7.02. The molecule has 2 heterocycles. The lowest BCUT2D eigenvalue weighted by Gasteiger charge is -2.14. The Balaban J connectivity index is 2.17. The highest BCUT2D eigenvalue weighted by atomic mass is 32.1. The van der Waals surface area contributed by atoms with E-state index in [1.54, 1.807) is 11.4 Å². The smallest absolute Gasteiger partial charge is 0.274 e. The van der Waals surface area contributed by atoms with Gasteiger partial charge in [-0.05, 0) is 24.3 Å². The number of pyridine rings is 1. The number of hydrogen-bond acceptors (Lipinski definition) is 6. The summed E-state index contributed by atoms with van der Waals surface area (Å²) in [5, 5.41) is 21.3. The number of thiazole rings is 1. The molecule has 6 nitrogen and oxygen atoms in total. The summed E-state index contributed by atoms with van der Waals surface area (Å²) in [4.78, 5) is 29.8. The van der Waals surface area contributed by atoms with Crippen LogP contribution in [-0.2, 0) is 5.41 Å². The third-order valence-corrected chi connectivity index (χ3v) is 4.91. The molecule has 0 aliphatic heterocycles. The number of phenols is 1. The van der Waals surface area contributed by atoms with Crippen molar-refractivity contribution in [2.75, 3.05) is 0 Å². The van der Waals surface area contributed by atoms with E-state index in [2.05, 4.69) is 4.98 Å². The Kier molecular flexibility index (Phi) is 4.87. The van der Waals surface area contributed by atoms with Gasteiger partial charge in [-0.25, -0.2) is 9.37 Å². The Morgan fingerprint density at radius 1 is 1.32 bits per heavy atom. The summed E-state index contributed by atoms with van der Waals surface area (Å²) in [7, 11) is 0. The number of aromatic hydroxyl groups is 1. The maximum Gasteiger partial charge on any atom is 0.274 e. The number of phenolic OH excluding ortho intramolecular Hbond substituents is 1. The Morgan fingerprint density at radius 2 is 2.04 bits per heavy atom. The molecular weight excluding hydrogens is 381 g/mol. The van der Waals surface area contributed by atoms with Crippen LogP contribution in [0.2, 0.25) is 0 Å². The van der Waals surface area contributed by atoms with E-state index in [0.717, 1.165) is 34.5 Å². The van der Waals surface area contributed by atoms with E-state index in [0.29, 0.717) is 5.13 Å². The van der Waals surface area contributed by atoms with Crippen molar-refractivity contribution in [2.45, 2.75) is 26.2 Å². The van der Waals surface area contributed by atoms with Crippen molar-refractivity contribution in [1.29, 1.82) is 5.26 Å². The van der Waals surface area contributed by atoms with Gasteiger partial charge in [0.1, 0.15) is 23.2 Å². The summed E-state index contributed by atoms with van der Waals surface area (Å²) in [6.45, 7) is 5.92. The summed E-state index contributed by atoms with van der Waals surface area (Å²) in [5.41, 5.74) is -0.644. The number of carbonyl (C=O) groups is 1. The molecule has 0 aliphatic carbocycles. The normalized spacial score (nSPS) is 11.2. The van der Waals surface area contributed by atoms with E-state index in [9.17, 15) is 24.3 Å². The van der Waals surface area contributed by atoms with Crippen LogP contribution in [0.15, 0.2) is 40.6 Å². The van der Waals surface area contributed by atoms with Crippen LogP contribution in [0, 0.1) is 17.1 Å². The van der Waals surface area contributed by atoms with E-state index in [1.807, 2.05) is 20.8 Å². The summed E-state index contributed by atoms with van der Waals surface area (Å²) in [6.07, 6.45) is 1.25. The molecule has 142 valence electrons. The maximum atomic E-state index is 13.5. The topological polar surface area (TPSA) is 96.0 Å². The fraction of sp³-hybridized carbons (Fsp3) is 0.200. The van der Waals surface area contributed by atoms with Crippen LogP contribution in [0.5, 0.6) is 5.75 Å². The van der Waals surface area contributed by atoms with Gasteiger partial charge in [0.05, 0.1) is 11.3 Å². The number of hydrogen-bond donors (Lipinski definition) is 1. The van der Waals surface area contributed by atoms with Crippen molar-refractivity contribution in [3.05, 3.63) is 74.4 Å². The van der Waals surface area contributed by atoms with Gasteiger partial charge in [0.25, 0.3) is 5.56 Å². The van der Waals surface area contributed by atoms with Gasteiger partial charge in [0.15, 0.2) is 10.9 Å². The van der Waals surface area contributed by atoms with Gasteiger partial charge in [0, 0.05) is 22.6 Å². The number of carbonyl (C=O) groups excluding carboxylic acids is 1. The molecule has 0 saturated carbocycles. The first kappa shape index (κ1) is 19.5. The number of nitriles is 1. The van der Waals surface area contributed by atoms with Gasteiger partial charge in [0.2, 0.25) is 0 Å². The van der Waals surface area contributed by atoms with E-state index < -0.39 is 22.9 Å². The quantitative estimate of drug-likeness (QED) is 0.682. The molecule has 8 heteroatoms. The van der Waals surface area contributed by atoms with Crippen molar-refractivity contribution < 1.29 is 14.3 Å². The summed E-state index contributed by atoms with van der Waals surface area (Å²) >= 11 is 1.21. The first-order chi connectivity index (χ1) is 13.1. The Bertz CT molecular complexity index is 1180. The summed E-state index contributed by atoms with van der Waals surface area (Å²) in [6, 6.07) is 5.90. The molecule has 28 heavy (non-hydrogen) atoms. The maximum absolute atomic E-state index is 13.5. The predicted molar refractivity (Wildman–Crippen MR) is 103 cm³/mol. The Labute approximate surface area is 164 Å². The SMILES string of the molecule is CC(C)(C)c1csc(-n2cc(C(=O)c3cc(F)ccc3O)cc(C#N)c2=O)n1. The molecule has 0 bridgehead atoms. The first-order valence-corrected chi connectivity index (χ1v) is 9.16. The molecule has 0 amide bonds. The summed E-state index contributed by atoms with van der Waals surface area (Å²) < 4.78 is 14.6. The minimum atomic E-state index is -0.713. The predicted octanol–water partition coefficient (Wildman–Crippen LogP) is 3.54. The molecule has 0 unspecified atom stereocenters. The van der Waals surface area contributed by atoms with Gasteiger partial charge in [-0.3, -0.25) is 14.2 Å². The molecular formula is C20H16FN3O3S. The van der Waals surface area contributed by atoms with Gasteiger partial charge in [-0.1, -0.05) is 20.8 Å². The minimum absolute atomic E-state index is 0.0374. The fourth-order valence-electron chi connectivity index (χ4n) is 2.49. The van der Waals surface area contributed by atoms with Crippen LogP contribution in [0.25, 0.3) is 5.13 Å². The van der Waals surface area contributed by atoms with E-state index in [1.165, 1.54) is 17.5 Å². The van der Waals surface area contributed by atoms with Gasteiger partial charge < -0.3 is 5.11 Å².